The molecule has 0 spiro atoms. The van der Waals surface area contributed by atoms with Gasteiger partial charge in [0.05, 0.1) is 0 Å². The molecule has 0 aromatic heterocycles. The molecular weight excluding hydrogens is 662 g/mol. The van der Waals surface area contributed by atoms with Gasteiger partial charge in [-0.1, -0.05) is 0 Å². The van der Waals surface area contributed by atoms with Crippen molar-refractivity contribution in [3.63, 3.8) is 0 Å². The van der Waals surface area contributed by atoms with E-state index in [0.29, 0.717) is 0 Å². The Balaban J connectivity index is -0.0000000533. The SMILES string of the molecule is [O]=[Mn](=[O])(=[O])[O-].[O]=[Mn](=[O])(=[O])[O-].[O]=[Mn](=[O])(=[O])[O-].[O]=[Mn](=[O])(=[O])[O-].[Re+4]. The third-order valence-corrected chi connectivity index (χ3v) is 0. The molecule has 0 aromatic carbocycles. The molecule has 0 atom stereocenters. The summed E-state index contributed by atoms with van der Waals surface area (Å²) in [5.74, 6) is 0. The zero-order valence-electron chi connectivity index (χ0n) is 8.42. The van der Waals surface area contributed by atoms with Gasteiger partial charge in [0, 0.05) is 0 Å². The molecule has 21 heavy (non-hydrogen) atoms. The van der Waals surface area contributed by atoms with E-state index < -0.39 is 51.9 Å². The van der Waals surface area contributed by atoms with Crippen molar-refractivity contribution in [3.8, 4) is 0 Å². The summed E-state index contributed by atoms with van der Waals surface area (Å²) in [4.78, 5) is 0. The maximum atomic E-state index is 8.58. The van der Waals surface area contributed by atoms with E-state index in [1.54, 1.807) is 0 Å². The predicted octanol–water partition coefficient (Wildman–Crippen LogP) is -6.19. The van der Waals surface area contributed by atoms with Crippen LogP contribution in [0.2, 0.25) is 0 Å². The van der Waals surface area contributed by atoms with Gasteiger partial charge >= 0.3 is 135 Å². The van der Waals surface area contributed by atoms with Gasteiger partial charge in [0.15, 0.2) is 0 Å². The van der Waals surface area contributed by atoms with Crippen LogP contribution in [0.4, 0.5) is 0 Å². The number of hydrogen-bond donors (Lipinski definition) is 0. The Bertz CT molecular complexity index is 673. The second-order valence-corrected chi connectivity index (χ2v) is 6.23. The Hall–Kier alpha value is 0.180. The maximum absolute atomic E-state index is 8.58. The Kier molecular flexibility index (Phi) is 19.9. The van der Waals surface area contributed by atoms with Crippen LogP contribution < -0.4 is 16.8 Å². The molecule has 1 radical (unpaired) electrons. The van der Waals surface area contributed by atoms with E-state index in [0.717, 1.165) is 0 Å². The molecule has 0 bridgehead atoms. The van der Waals surface area contributed by atoms with Gasteiger partial charge < -0.3 is 0 Å². The molecular formula is Mn4O16Re. The van der Waals surface area contributed by atoms with Gasteiger partial charge in [-0.25, -0.2) is 0 Å². The molecule has 21 heteroatoms. The van der Waals surface area contributed by atoms with E-state index >= 15 is 0 Å². The second kappa shape index (κ2) is 12.7. The zero-order chi connectivity index (χ0) is 18.0. The van der Waals surface area contributed by atoms with Gasteiger partial charge in [0.1, 0.15) is 0 Å². The molecule has 131 valence electrons. The van der Waals surface area contributed by atoms with E-state index in [2.05, 4.69) is 0 Å². The summed E-state index contributed by atoms with van der Waals surface area (Å²) < 4.78 is 137. The summed E-state index contributed by atoms with van der Waals surface area (Å²) in [6.07, 6.45) is 0. The average Bonchev–Trinajstić information content (AvgIpc) is 1.62. The monoisotopic (exact) mass is 663 g/mol. The van der Waals surface area contributed by atoms with Crippen LogP contribution in [-0.4, -0.2) is 0 Å². The molecule has 0 N–H and O–H groups in total. The van der Waals surface area contributed by atoms with E-state index in [1.807, 2.05) is 0 Å². The first-order valence-electron chi connectivity index (χ1n) is 2.47. The van der Waals surface area contributed by atoms with E-state index in [-0.39, 0.29) is 20.4 Å². The Labute approximate surface area is 134 Å². The van der Waals surface area contributed by atoms with Crippen molar-refractivity contribution in [2.75, 3.05) is 0 Å². The van der Waals surface area contributed by atoms with Crippen LogP contribution in [-0.2, 0) is 118 Å². The van der Waals surface area contributed by atoms with Gasteiger partial charge in [-0.2, -0.15) is 0 Å². The van der Waals surface area contributed by atoms with Crippen molar-refractivity contribution >= 4 is 0 Å². The molecule has 0 rings (SSSR count). The quantitative estimate of drug-likeness (QED) is 0.218. The van der Waals surface area contributed by atoms with Crippen LogP contribution >= 0.6 is 0 Å². The first-order valence-corrected chi connectivity index (χ1v) is 10.2. The van der Waals surface area contributed by atoms with Crippen molar-refractivity contribution in [1.82, 2.24) is 0 Å². The van der Waals surface area contributed by atoms with Crippen LogP contribution in [0.5, 0.6) is 0 Å². The molecule has 16 nitrogen and oxygen atoms in total. The number of hydrogen-bond acceptors (Lipinski definition) is 16. The minimum Gasteiger partial charge on any atom is 4.00 e. The molecule has 0 unspecified atom stereocenters. The second-order valence-electron chi connectivity index (χ2n) is 1.51. The Morgan fingerprint density at radius 3 is 0.333 bits per heavy atom. The first kappa shape index (κ1) is 32.9. The molecule has 0 amide bonds. The molecule has 0 aliphatic carbocycles. The van der Waals surface area contributed by atoms with Crippen molar-refractivity contribution in [2.24, 2.45) is 0 Å². The topological polar surface area (TPSA) is 297 Å². The van der Waals surface area contributed by atoms with Crippen LogP contribution in [0.1, 0.15) is 0 Å². The summed E-state index contributed by atoms with van der Waals surface area (Å²) in [7, 11) is 0. The summed E-state index contributed by atoms with van der Waals surface area (Å²) in [6.45, 7) is 0. The van der Waals surface area contributed by atoms with Crippen molar-refractivity contribution < 1.29 is 135 Å². The summed E-state index contributed by atoms with van der Waals surface area (Å²) in [5.41, 5.74) is 0. The summed E-state index contributed by atoms with van der Waals surface area (Å²) in [5, 5.41) is 0. The third-order valence-electron chi connectivity index (χ3n) is 0. The minimum absolute atomic E-state index is 0. The molecule has 0 aliphatic heterocycles. The fraction of sp³-hybridized carbons (Fsp3) is 0. The minimum atomic E-state index is -5.62. The van der Waals surface area contributed by atoms with Crippen LogP contribution in [0, 0.1) is 0 Å². The standard InChI is InChI=1S/4Mn.16O.Re/q;;;;;;;;;;;;;;;;4*-1;+4. The molecule has 0 heterocycles. The zero-order valence-corrected chi connectivity index (χ0v) is 15.9. The normalized spacial score (nSPS) is 10.9. The summed E-state index contributed by atoms with van der Waals surface area (Å²) in [6, 6.07) is 0. The van der Waals surface area contributed by atoms with Crippen LogP contribution in [0.15, 0.2) is 0 Å². The molecule has 0 aliphatic rings. The fourth-order valence-corrected chi connectivity index (χ4v) is 0. The van der Waals surface area contributed by atoms with Gasteiger partial charge in [-0.05, 0) is 0 Å². The fourth-order valence-electron chi connectivity index (χ4n) is 0. The maximum Gasteiger partial charge on any atom is 4.00 e. The predicted molar refractivity (Wildman–Crippen MR) is 8.24 cm³/mol. The first-order chi connectivity index (χ1) is 8.00. The Morgan fingerprint density at radius 2 is 0.333 bits per heavy atom. The van der Waals surface area contributed by atoms with Gasteiger partial charge in [-0.3, -0.25) is 0 Å². The van der Waals surface area contributed by atoms with E-state index in [1.165, 1.54) is 0 Å². The van der Waals surface area contributed by atoms with Crippen molar-refractivity contribution in [1.29, 1.82) is 0 Å². The number of rotatable bonds is 0. The molecule has 0 saturated carbocycles. The van der Waals surface area contributed by atoms with Crippen molar-refractivity contribution in [2.45, 2.75) is 0 Å². The van der Waals surface area contributed by atoms with Crippen LogP contribution in [0.3, 0.4) is 0 Å². The van der Waals surface area contributed by atoms with E-state index in [9.17, 15) is 0 Å². The molecule has 0 aromatic rings. The van der Waals surface area contributed by atoms with Crippen molar-refractivity contribution in [3.05, 3.63) is 0 Å². The van der Waals surface area contributed by atoms with E-state index in [4.69, 9.17) is 62.8 Å². The average molecular weight is 662 g/mol. The third kappa shape index (κ3) is 205000. The Morgan fingerprint density at radius 1 is 0.333 bits per heavy atom. The largest absolute Gasteiger partial charge is 4.00 e. The van der Waals surface area contributed by atoms with Gasteiger partial charge in [-0.15, -0.1) is 0 Å². The van der Waals surface area contributed by atoms with Gasteiger partial charge in [0.25, 0.3) is 0 Å². The van der Waals surface area contributed by atoms with Gasteiger partial charge in [0.2, 0.25) is 0 Å². The summed E-state index contributed by atoms with van der Waals surface area (Å²) >= 11 is -22.5. The smallest absolute Gasteiger partial charge is 4.00 e. The van der Waals surface area contributed by atoms with Crippen LogP contribution in [0.25, 0.3) is 0 Å². The molecule has 0 saturated heterocycles. The molecule has 0 fully saturated rings.